The maximum absolute atomic E-state index is 13.1. The minimum Gasteiger partial charge on any atom is -0.479 e. The van der Waals surface area contributed by atoms with Crippen LogP contribution in [0.4, 0.5) is 5.69 Å². The summed E-state index contributed by atoms with van der Waals surface area (Å²) in [5, 5.41) is 4.57. The van der Waals surface area contributed by atoms with Gasteiger partial charge in [-0.3, -0.25) is 4.79 Å². The number of rotatable bonds is 6. The van der Waals surface area contributed by atoms with E-state index in [4.69, 9.17) is 27.9 Å². The van der Waals surface area contributed by atoms with Gasteiger partial charge in [-0.2, -0.15) is 0 Å². The molecule has 1 heterocycles. The van der Waals surface area contributed by atoms with Crippen LogP contribution in [-0.4, -0.2) is 31.1 Å². The Kier molecular flexibility index (Phi) is 6.41. The second kappa shape index (κ2) is 8.76. The Balaban J connectivity index is 1.78. The topological polar surface area (TPSA) is 41.6 Å². The molecule has 26 heavy (non-hydrogen) atoms. The fourth-order valence-electron chi connectivity index (χ4n) is 3.08. The SMILES string of the molecule is CC(Oc1ccccc1Cl)C(=O)N(C[C@H]1CCCN1)c1ccc(Cl)cc1. The van der Waals surface area contributed by atoms with Crippen LogP contribution in [0.5, 0.6) is 5.75 Å². The number of hydrogen-bond donors (Lipinski definition) is 1. The molecule has 0 aromatic heterocycles. The minimum atomic E-state index is -0.660. The van der Waals surface area contributed by atoms with E-state index >= 15 is 0 Å². The summed E-state index contributed by atoms with van der Waals surface area (Å²) in [4.78, 5) is 14.9. The third kappa shape index (κ3) is 4.70. The van der Waals surface area contributed by atoms with Crippen LogP contribution >= 0.6 is 23.2 Å². The zero-order chi connectivity index (χ0) is 18.5. The van der Waals surface area contributed by atoms with E-state index in [-0.39, 0.29) is 11.9 Å². The van der Waals surface area contributed by atoms with E-state index in [1.807, 2.05) is 24.3 Å². The lowest BCUT2D eigenvalue weighted by atomic mass is 10.1. The Hall–Kier alpha value is -1.75. The number of ether oxygens (including phenoxy) is 1. The fourth-order valence-corrected chi connectivity index (χ4v) is 3.38. The first-order valence-corrected chi connectivity index (χ1v) is 9.51. The molecule has 3 rings (SSSR count). The monoisotopic (exact) mass is 392 g/mol. The van der Waals surface area contributed by atoms with Gasteiger partial charge in [-0.05, 0) is 62.7 Å². The summed E-state index contributed by atoms with van der Waals surface area (Å²) in [6.45, 7) is 3.33. The van der Waals surface area contributed by atoms with E-state index in [0.717, 1.165) is 25.1 Å². The van der Waals surface area contributed by atoms with Crippen LogP contribution in [0.3, 0.4) is 0 Å². The molecule has 4 nitrogen and oxygen atoms in total. The molecule has 6 heteroatoms. The fraction of sp³-hybridized carbons (Fsp3) is 0.350. The summed E-state index contributed by atoms with van der Waals surface area (Å²) in [5.74, 6) is 0.394. The number of anilines is 1. The van der Waals surface area contributed by atoms with Crippen LogP contribution in [0.2, 0.25) is 10.0 Å². The van der Waals surface area contributed by atoms with Crippen molar-refractivity contribution in [3.05, 3.63) is 58.6 Å². The van der Waals surface area contributed by atoms with Gasteiger partial charge in [-0.1, -0.05) is 35.3 Å². The minimum absolute atomic E-state index is 0.110. The summed E-state index contributed by atoms with van der Waals surface area (Å²) >= 11 is 12.1. The Morgan fingerprint density at radius 3 is 2.62 bits per heavy atom. The highest BCUT2D eigenvalue weighted by molar-refractivity contribution is 6.32. The van der Waals surface area contributed by atoms with E-state index in [2.05, 4.69) is 5.32 Å². The molecule has 1 aliphatic heterocycles. The van der Waals surface area contributed by atoms with Crippen LogP contribution in [0.1, 0.15) is 19.8 Å². The number of nitrogens with one attached hydrogen (secondary N) is 1. The first-order chi connectivity index (χ1) is 12.5. The first-order valence-electron chi connectivity index (χ1n) is 8.76. The number of halogens is 2. The summed E-state index contributed by atoms with van der Waals surface area (Å²) in [5.41, 5.74) is 0.808. The Morgan fingerprint density at radius 2 is 1.96 bits per heavy atom. The largest absolute Gasteiger partial charge is 0.479 e. The first kappa shape index (κ1) is 19.0. The average Bonchev–Trinajstić information content (AvgIpc) is 3.15. The number of carbonyl (C=O) groups is 1. The van der Waals surface area contributed by atoms with Crippen molar-refractivity contribution in [2.75, 3.05) is 18.0 Å². The maximum atomic E-state index is 13.1. The molecule has 1 aliphatic rings. The van der Waals surface area contributed by atoms with Crippen LogP contribution in [-0.2, 0) is 4.79 Å². The molecular formula is C20H22Cl2N2O2. The lowest BCUT2D eigenvalue weighted by Gasteiger charge is -2.29. The van der Waals surface area contributed by atoms with Crippen molar-refractivity contribution in [3.8, 4) is 5.75 Å². The normalized spacial score (nSPS) is 17.7. The van der Waals surface area contributed by atoms with Gasteiger partial charge >= 0.3 is 0 Å². The molecule has 0 aliphatic carbocycles. The number of para-hydroxylation sites is 1. The molecule has 2 aromatic rings. The molecule has 1 unspecified atom stereocenters. The molecule has 0 saturated carbocycles. The van der Waals surface area contributed by atoms with E-state index in [9.17, 15) is 4.79 Å². The zero-order valence-corrected chi connectivity index (χ0v) is 16.1. The van der Waals surface area contributed by atoms with Crippen molar-refractivity contribution in [1.82, 2.24) is 5.32 Å². The molecular weight excluding hydrogens is 371 g/mol. The van der Waals surface area contributed by atoms with Gasteiger partial charge in [0, 0.05) is 23.3 Å². The van der Waals surface area contributed by atoms with Gasteiger partial charge in [0.1, 0.15) is 5.75 Å². The molecule has 1 fully saturated rings. The number of carbonyl (C=O) groups excluding carboxylic acids is 1. The summed E-state index contributed by atoms with van der Waals surface area (Å²) in [6.07, 6.45) is 1.52. The predicted octanol–water partition coefficient (Wildman–Crippen LogP) is 4.55. The molecule has 2 atom stereocenters. The predicted molar refractivity (Wildman–Crippen MR) is 106 cm³/mol. The van der Waals surface area contributed by atoms with Gasteiger partial charge in [-0.15, -0.1) is 0 Å². The van der Waals surface area contributed by atoms with Crippen molar-refractivity contribution < 1.29 is 9.53 Å². The van der Waals surface area contributed by atoms with Crippen molar-refractivity contribution >= 4 is 34.8 Å². The molecule has 1 saturated heterocycles. The lowest BCUT2D eigenvalue weighted by Crippen LogP contribution is -2.46. The summed E-state index contributed by atoms with van der Waals surface area (Å²) < 4.78 is 5.83. The summed E-state index contributed by atoms with van der Waals surface area (Å²) in [6, 6.07) is 14.7. The third-order valence-corrected chi connectivity index (χ3v) is 5.02. The van der Waals surface area contributed by atoms with Gasteiger partial charge in [0.25, 0.3) is 5.91 Å². The number of nitrogens with zero attached hydrogens (tertiary/aromatic N) is 1. The number of benzene rings is 2. The lowest BCUT2D eigenvalue weighted by molar-refractivity contribution is -0.124. The van der Waals surface area contributed by atoms with Crippen molar-refractivity contribution in [2.45, 2.75) is 31.9 Å². The van der Waals surface area contributed by atoms with Gasteiger partial charge in [0.05, 0.1) is 5.02 Å². The Bertz CT molecular complexity index is 746. The van der Waals surface area contributed by atoms with Gasteiger partial charge < -0.3 is 15.0 Å². The average molecular weight is 393 g/mol. The Morgan fingerprint density at radius 1 is 1.23 bits per heavy atom. The molecule has 0 bridgehead atoms. The Labute approximate surface area is 164 Å². The van der Waals surface area contributed by atoms with Crippen molar-refractivity contribution in [2.24, 2.45) is 0 Å². The third-order valence-electron chi connectivity index (χ3n) is 4.46. The van der Waals surface area contributed by atoms with Gasteiger partial charge in [-0.25, -0.2) is 0 Å². The van der Waals surface area contributed by atoms with E-state index < -0.39 is 6.10 Å². The molecule has 0 radical (unpaired) electrons. The van der Waals surface area contributed by atoms with E-state index in [1.54, 1.807) is 36.1 Å². The highest BCUT2D eigenvalue weighted by Gasteiger charge is 2.27. The molecule has 1 amide bonds. The van der Waals surface area contributed by atoms with E-state index in [1.165, 1.54) is 0 Å². The highest BCUT2D eigenvalue weighted by atomic mass is 35.5. The smallest absolute Gasteiger partial charge is 0.267 e. The maximum Gasteiger partial charge on any atom is 0.267 e. The standard InChI is InChI=1S/C20H22Cl2N2O2/c1-14(26-19-7-3-2-6-18(19)22)20(25)24(13-16-5-4-12-23-16)17-10-8-15(21)9-11-17/h2-3,6-11,14,16,23H,4-5,12-13H2,1H3/t14?,16-/m1/s1. The summed E-state index contributed by atoms with van der Waals surface area (Å²) in [7, 11) is 0. The van der Waals surface area contributed by atoms with E-state index in [0.29, 0.717) is 22.3 Å². The highest BCUT2D eigenvalue weighted by Crippen LogP contribution is 2.26. The van der Waals surface area contributed by atoms with Crippen LogP contribution < -0.4 is 15.0 Å². The van der Waals surface area contributed by atoms with Crippen LogP contribution in [0.15, 0.2) is 48.5 Å². The number of amides is 1. The zero-order valence-electron chi connectivity index (χ0n) is 14.6. The quantitative estimate of drug-likeness (QED) is 0.783. The number of hydrogen-bond acceptors (Lipinski definition) is 3. The molecule has 1 N–H and O–H groups in total. The second-order valence-corrected chi connectivity index (χ2v) is 7.25. The van der Waals surface area contributed by atoms with Crippen molar-refractivity contribution in [3.63, 3.8) is 0 Å². The van der Waals surface area contributed by atoms with Gasteiger partial charge in [0.15, 0.2) is 6.10 Å². The van der Waals surface area contributed by atoms with Crippen LogP contribution in [0.25, 0.3) is 0 Å². The second-order valence-electron chi connectivity index (χ2n) is 6.41. The molecule has 138 valence electrons. The van der Waals surface area contributed by atoms with Crippen molar-refractivity contribution in [1.29, 1.82) is 0 Å². The molecule has 0 spiro atoms. The van der Waals surface area contributed by atoms with Gasteiger partial charge in [0.2, 0.25) is 0 Å². The van der Waals surface area contributed by atoms with Crippen LogP contribution in [0, 0.1) is 0 Å². The molecule has 2 aromatic carbocycles.